The van der Waals surface area contributed by atoms with Crippen LogP contribution in [0.4, 0.5) is 18.9 Å². The molecule has 10 heteroatoms. The van der Waals surface area contributed by atoms with Crippen LogP contribution in [-0.2, 0) is 22.6 Å². The minimum absolute atomic E-state index is 0.0482. The second-order valence-electron chi connectivity index (χ2n) is 4.93. The molecule has 1 aromatic heterocycles. The number of nitrogens with two attached hydrogens (primary N) is 1. The minimum Gasteiger partial charge on any atom is -0.475 e. The Hall–Kier alpha value is -3.01. The number of carbonyl (C=O) groups is 2. The van der Waals surface area contributed by atoms with Gasteiger partial charge in [0.2, 0.25) is 5.91 Å². The van der Waals surface area contributed by atoms with Crippen molar-refractivity contribution >= 4 is 17.6 Å². The zero-order valence-electron chi connectivity index (χ0n) is 13.5. The number of benzene rings is 1. The first kappa shape index (κ1) is 21.0. The van der Waals surface area contributed by atoms with Gasteiger partial charge >= 0.3 is 12.1 Å². The van der Waals surface area contributed by atoms with Crippen molar-refractivity contribution in [3.05, 3.63) is 54.1 Å². The molecule has 0 atom stereocenters. The van der Waals surface area contributed by atoms with E-state index in [1.807, 2.05) is 30.3 Å². The van der Waals surface area contributed by atoms with Gasteiger partial charge in [-0.3, -0.25) is 4.79 Å². The zero-order valence-corrected chi connectivity index (χ0v) is 13.5. The maximum absolute atomic E-state index is 11.7. The topological polar surface area (TPSA) is 118 Å². The van der Waals surface area contributed by atoms with Gasteiger partial charge < -0.3 is 16.2 Å². The van der Waals surface area contributed by atoms with Gasteiger partial charge in [0, 0.05) is 6.42 Å². The maximum Gasteiger partial charge on any atom is 0.490 e. The molecule has 0 radical (unpaired) electrons. The summed E-state index contributed by atoms with van der Waals surface area (Å²) in [5, 5.41) is 9.88. The average Bonchev–Trinajstić information content (AvgIpc) is 2.61. The summed E-state index contributed by atoms with van der Waals surface area (Å²) in [5.74, 6) is -2.25. The molecule has 2 aromatic rings. The van der Waals surface area contributed by atoms with E-state index in [1.165, 1.54) is 0 Å². The number of carboxylic acid groups (broad SMARTS) is 1. The van der Waals surface area contributed by atoms with Gasteiger partial charge in [0.1, 0.15) is 5.82 Å². The number of aliphatic carboxylic acids is 1. The predicted octanol–water partition coefficient (Wildman–Crippen LogP) is 2.14. The lowest BCUT2D eigenvalue weighted by Gasteiger charge is -2.05. The highest BCUT2D eigenvalue weighted by atomic mass is 19.4. The lowest BCUT2D eigenvalue weighted by Crippen LogP contribution is -2.21. The molecule has 140 valence electrons. The first-order valence-electron chi connectivity index (χ1n) is 7.37. The number of aryl methyl sites for hydroxylation is 1. The monoisotopic (exact) mass is 370 g/mol. The van der Waals surface area contributed by atoms with E-state index in [1.54, 1.807) is 12.4 Å². The zero-order chi connectivity index (χ0) is 19.6. The summed E-state index contributed by atoms with van der Waals surface area (Å²) in [7, 11) is 0. The number of nitrogens with one attached hydrogen (secondary N) is 1. The van der Waals surface area contributed by atoms with Gasteiger partial charge in [0.25, 0.3) is 0 Å². The highest BCUT2D eigenvalue weighted by Gasteiger charge is 2.38. The highest BCUT2D eigenvalue weighted by Crippen LogP contribution is 2.13. The Bertz CT molecular complexity index is 707. The van der Waals surface area contributed by atoms with Gasteiger partial charge in [-0.15, -0.1) is 0 Å². The molecule has 7 nitrogen and oxygen atoms in total. The molecule has 1 aromatic carbocycles. The van der Waals surface area contributed by atoms with Gasteiger partial charge in [-0.25, -0.2) is 14.8 Å². The van der Waals surface area contributed by atoms with Crippen molar-refractivity contribution in [1.82, 2.24) is 9.97 Å². The minimum atomic E-state index is -5.08. The lowest BCUT2D eigenvalue weighted by molar-refractivity contribution is -0.192. The number of anilines is 1. The summed E-state index contributed by atoms with van der Waals surface area (Å²) in [4.78, 5) is 28.7. The quantitative estimate of drug-likeness (QED) is 0.742. The van der Waals surface area contributed by atoms with Crippen LogP contribution in [0.2, 0.25) is 0 Å². The van der Waals surface area contributed by atoms with Crippen LogP contribution in [0.5, 0.6) is 0 Å². The SMILES string of the molecule is NCc1ncc(NC(=O)CCc2ccccc2)cn1.O=C(O)C(F)(F)F. The fourth-order valence-electron chi connectivity index (χ4n) is 1.65. The number of alkyl halides is 3. The van der Waals surface area contributed by atoms with Crippen LogP contribution in [0.25, 0.3) is 0 Å². The highest BCUT2D eigenvalue weighted by molar-refractivity contribution is 5.90. The van der Waals surface area contributed by atoms with Crippen molar-refractivity contribution in [3.63, 3.8) is 0 Å². The molecular formula is C16H17F3N4O3. The number of hydrogen-bond acceptors (Lipinski definition) is 5. The van der Waals surface area contributed by atoms with Crippen LogP contribution in [-0.4, -0.2) is 33.1 Å². The number of hydrogen-bond donors (Lipinski definition) is 3. The Morgan fingerprint density at radius 1 is 1.12 bits per heavy atom. The van der Waals surface area contributed by atoms with Crippen LogP contribution in [0.1, 0.15) is 17.8 Å². The Kier molecular flexibility index (Phi) is 8.16. The molecule has 0 fully saturated rings. The number of carboxylic acids is 1. The van der Waals surface area contributed by atoms with Crippen molar-refractivity contribution in [1.29, 1.82) is 0 Å². The molecule has 26 heavy (non-hydrogen) atoms. The van der Waals surface area contributed by atoms with Crippen LogP contribution < -0.4 is 11.1 Å². The molecule has 0 unspecified atom stereocenters. The Balaban J connectivity index is 0.000000412. The van der Waals surface area contributed by atoms with E-state index in [0.717, 1.165) is 5.56 Å². The van der Waals surface area contributed by atoms with Crippen molar-refractivity contribution in [2.75, 3.05) is 5.32 Å². The van der Waals surface area contributed by atoms with Gasteiger partial charge in [-0.05, 0) is 12.0 Å². The Morgan fingerprint density at radius 3 is 2.12 bits per heavy atom. The van der Waals surface area contributed by atoms with Gasteiger partial charge in [-0.1, -0.05) is 30.3 Å². The number of halogens is 3. The van der Waals surface area contributed by atoms with Crippen molar-refractivity contribution < 1.29 is 27.9 Å². The van der Waals surface area contributed by atoms with E-state index in [0.29, 0.717) is 30.9 Å². The summed E-state index contributed by atoms with van der Waals surface area (Å²) in [6.07, 6.45) is -0.803. The second kappa shape index (κ2) is 10.1. The summed E-state index contributed by atoms with van der Waals surface area (Å²) in [5.41, 5.74) is 7.14. The van der Waals surface area contributed by atoms with Crippen LogP contribution in [0, 0.1) is 0 Å². The normalized spacial score (nSPS) is 10.5. The molecule has 0 aliphatic carbocycles. The Labute approximate surface area is 147 Å². The summed E-state index contributed by atoms with van der Waals surface area (Å²) < 4.78 is 31.7. The fraction of sp³-hybridized carbons (Fsp3) is 0.250. The molecule has 0 saturated heterocycles. The number of carbonyl (C=O) groups excluding carboxylic acids is 1. The van der Waals surface area contributed by atoms with Gasteiger partial charge in [0.15, 0.2) is 0 Å². The first-order valence-corrected chi connectivity index (χ1v) is 7.37. The molecule has 2 rings (SSSR count). The molecule has 0 spiro atoms. The molecule has 0 aliphatic heterocycles. The molecule has 0 bridgehead atoms. The van der Waals surface area contributed by atoms with Crippen LogP contribution in [0.3, 0.4) is 0 Å². The van der Waals surface area contributed by atoms with Gasteiger partial charge in [-0.2, -0.15) is 13.2 Å². The third kappa shape index (κ3) is 8.20. The predicted molar refractivity (Wildman–Crippen MR) is 87.0 cm³/mol. The van der Waals surface area contributed by atoms with Crippen molar-refractivity contribution in [3.8, 4) is 0 Å². The van der Waals surface area contributed by atoms with Gasteiger partial charge in [0.05, 0.1) is 24.6 Å². The van der Waals surface area contributed by atoms with Crippen LogP contribution in [0.15, 0.2) is 42.7 Å². The third-order valence-corrected chi connectivity index (χ3v) is 2.90. The number of rotatable bonds is 5. The number of nitrogens with zero attached hydrogens (tertiary/aromatic N) is 2. The van der Waals surface area contributed by atoms with Crippen LogP contribution >= 0.6 is 0 Å². The molecule has 4 N–H and O–H groups in total. The summed E-state index contributed by atoms with van der Waals surface area (Å²) in [6, 6.07) is 9.90. The van der Waals surface area contributed by atoms with E-state index in [4.69, 9.17) is 15.6 Å². The van der Waals surface area contributed by atoms with E-state index in [2.05, 4.69) is 15.3 Å². The lowest BCUT2D eigenvalue weighted by atomic mass is 10.1. The molecule has 0 aliphatic rings. The summed E-state index contributed by atoms with van der Waals surface area (Å²) in [6.45, 7) is 0.294. The number of aromatic nitrogens is 2. The fourth-order valence-corrected chi connectivity index (χ4v) is 1.65. The Morgan fingerprint density at radius 2 is 1.65 bits per heavy atom. The van der Waals surface area contributed by atoms with Crippen molar-refractivity contribution in [2.45, 2.75) is 25.6 Å². The number of amides is 1. The molecule has 1 amide bonds. The summed E-state index contributed by atoms with van der Waals surface area (Å²) >= 11 is 0. The molecule has 0 saturated carbocycles. The van der Waals surface area contributed by atoms with Crippen molar-refractivity contribution in [2.24, 2.45) is 5.73 Å². The van der Waals surface area contributed by atoms with E-state index < -0.39 is 12.1 Å². The standard InChI is InChI=1S/C14H16N4O.C2HF3O2/c15-8-13-16-9-12(10-17-13)18-14(19)7-6-11-4-2-1-3-5-11;3-2(4,5)1(6)7/h1-5,9-10H,6-8,15H2,(H,18,19);(H,6,7). The molecule has 1 heterocycles. The molecular weight excluding hydrogens is 353 g/mol. The average molecular weight is 370 g/mol. The maximum atomic E-state index is 11.7. The smallest absolute Gasteiger partial charge is 0.475 e. The van der Waals surface area contributed by atoms with E-state index in [9.17, 15) is 18.0 Å². The first-order chi connectivity index (χ1) is 12.2. The third-order valence-electron chi connectivity index (χ3n) is 2.90. The largest absolute Gasteiger partial charge is 0.490 e. The van der Waals surface area contributed by atoms with E-state index in [-0.39, 0.29) is 5.91 Å². The van der Waals surface area contributed by atoms with E-state index >= 15 is 0 Å². The second-order valence-corrected chi connectivity index (χ2v) is 4.93.